The number of nitrogens with zero attached hydrogens (tertiary/aromatic N) is 1. The van der Waals surface area contributed by atoms with Gasteiger partial charge in [0.15, 0.2) is 0 Å². The SMILES string of the molecule is CS(=O)(=O)N1CCC=C(Br)C1. The number of hydrogen-bond donors (Lipinski definition) is 0. The van der Waals surface area contributed by atoms with Crippen LogP contribution in [0.15, 0.2) is 10.6 Å². The largest absolute Gasteiger partial charge is 0.212 e. The molecule has 0 bridgehead atoms. The van der Waals surface area contributed by atoms with Crippen LogP contribution in [0.4, 0.5) is 0 Å². The minimum atomic E-state index is -3.00. The van der Waals surface area contributed by atoms with E-state index in [1.165, 1.54) is 10.6 Å². The second-order valence-electron chi connectivity index (χ2n) is 2.54. The molecule has 0 unspecified atom stereocenters. The van der Waals surface area contributed by atoms with Crippen LogP contribution >= 0.6 is 15.9 Å². The average Bonchev–Trinajstić information content (AvgIpc) is 1.86. The highest BCUT2D eigenvalue weighted by Crippen LogP contribution is 2.16. The summed E-state index contributed by atoms with van der Waals surface area (Å²) in [5.41, 5.74) is 0. The lowest BCUT2D eigenvalue weighted by atomic mass is 10.3. The molecule has 0 amide bonds. The van der Waals surface area contributed by atoms with Gasteiger partial charge in [-0.2, -0.15) is 4.31 Å². The first-order valence-electron chi connectivity index (χ1n) is 3.30. The van der Waals surface area contributed by atoms with Crippen LogP contribution in [-0.4, -0.2) is 32.1 Å². The van der Waals surface area contributed by atoms with E-state index in [2.05, 4.69) is 15.9 Å². The van der Waals surface area contributed by atoms with E-state index in [-0.39, 0.29) is 0 Å². The van der Waals surface area contributed by atoms with E-state index in [9.17, 15) is 8.42 Å². The number of hydrogen-bond acceptors (Lipinski definition) is 2. The molecule has 0 saturated carbocycles. The van der Waals surface area contributed by atoms with Gasteiger partial charge < -0.3 is 0 Å². The van der Waals surface area contributed by atoms with Crippen LogP contribution in [0.25, 0.3) is 0 Å². The van der Waals surface area contributed by atoms with Gasteiger partial charge in [0, 0.05) is 17.6 Å². The van der Waals surface area contributed by atoms with Crippen molar-refractivity contribution in [3.8, 4) is 0 Å². The molecule has 0 saturated heterocycles. The Bertz CT molecular complexity index is 270. The Kier molecular flexibility index (Phi) is 2.72. The molecule has 1 aliphatic heterocycles. The predicted molar refractivity (Wildman–Crippen MR) is 48.0 cm³/mol. The van der Waals surface area contributed by atoms with Crippen LogP contribution in [0.5, 0.6) is 0 Å². The molecule has 1 aliphatic rings. The minimum Gasteiger partial charge on any atom is -0.212 e. The van der Waals surface area contributed by atoms with Crippen LogP contribution < -0.4 is 0 Å². The van der Waals surface area contributed by atoms with Crippen LogP contribution in [-0.2, 0) is 10.0 Å². The first kappa shape index (κ1) is 9.22. The predicted octanol–water partition coefficient (Wildman–Crippen LogP) is 0.931. The maximum absolute atomic E-state index is 11.0. The van der Waals surface area contributed by atoms with E-state index in [0.717, 1.165) is 10.9 Å². The molecule has 1 rings (SSSR count). The van der Waals surface area contributed by atoms with Crippen LogP contribution in [0.2, 0.25) is 0 Å². The molecular formula is C6H10BrNO2S. The molecule has 0 aromatic rings. The molecule has 0 spiro atoms. The lowest BCUT2D eigenvalue weighted by Crippen LogP contribution is -2.33. The van der Waals surface area contributed by atoms with Crippen molar-refractivity contribution in [2.45, 2.75) is 6.42 Å². The molecule has 5 heteroatoms. The fraction of sp³-hybridized carbons (Fsp3) is 0.667. The topological polar surface area (TPSA) is 37.4 Å². The monoisotopic (exact) mass is 239 g/mol. The Morgan fingerprint density at radius 3 is 2.64 bits per heavy atom. The maximum Gasteiger partial charge on any atom is 0.211 e. The summed E-state index contributed by atoms with van der Waals surface area (Å²) < 4.78 is 24.4. The van der Waals surface area contributed by atoms with Crippen molar-refractivity contribution in [3.63, 3.8) is 0 Å². The van der Waals surface area contributed by atoms with Crippen LogP contribution in [0, 0.1) is 0 Å². The first-order chi connectivity index (χ1) is 5.00. The molecule has 1 heterocycles. The second-order valence-corrected chi connectivity index (χ2v) is 5.54. The summed E-state index contributed by atoms with van der Waals surface area (Å²) >= 11 is 3.28. The smallest absolute Gasteiger partial charge is 0.211 e. The van der Waals surface area contributed by atoms with E-state index in [1.807, 2.05) is 6.08 Å². The number of halogens is 1. The van der Waals surface area contributed by atoms with Gasteiger partial charge in [-0.1, -0.05) is 22.0 Å². The van der Waals surface area contributed by atoms with Crippen molar-refractivity contribution in [2.24, 2.45) is 0 Å². The summed E-state index contributed by atoms with van der Waals surface area (Å²) in [4.78, 5) is 0. The highest BCUT2D eigenvalue weighted by molar-refractivity contribution is 9.11. The van der Waals surface area contributed by atoms with Crippen LogP contribution in [0.3, 0.4) is 0 Å². The van der Waals surface area contributed by atoms with Gasteiger partial charge in [0.05, 0.1) is 6.26 Å². The molecular weight excluding hydrogens is 230 g/mol. The van der Waals surface area contributed by atoms with Gasteiger partial charge in [0.2, 0.25) is 10.0 Å². The Balaban J connectivity index is 2.73. The van der Waals surface area contributed by atoms with Crippen molar-refractivity contribution in [1.82, 2.24) is 4.31 Å². The molecule has 64 valence electrons. The summed E-state index contributed by atoms with van der Waals surface area (Å²) in [6, 6.07) is 0. The lowest BCUT2D eigenvalue weighted by molar-refractivity contribution is 0.440. The minimum absolute atomic E-state index is 0.485. The molecule has 0 aromatic heterocycles. The molecule has 11 heavy (non-hydrogen) atoms. The standard InChI is InChI=1S/C6H10BrNO2S/c1-11(9,10)8-4-2-3-6(7)5-8/h3H,2,4-5H2,1H3. The zero-order valence-corrected chi connectivity index (χ0v) is 8.65. The third-order valence-electron chi connectivity index (χ3n) is 1.54. The summed E-state index contributed by atoms with van der Waals surface area (Å²) in [5.74, 6) is 0. The summed E-state index contributed by atoms with van der Waals surface area (Å²) in [7, 11) is -3.00. The van der Waals surface area contributed by atoms with E-state index >= 15 is 0 Å². The highest BCUT2D eigenvalue weighted by Gasteiger charge is 2.18. The fourth-order valence-electron chi connectivity index (χ4n) is 0.960. The van der Waals surface area contributed by atoms with Crippen molar-refractivity contribution in [1.29, 1.82) is 0 Å². The van der Waals surface area contributed by atoms with Gasteiger partial charge in [-0.15, -0.1) is 0 Å². The molecule has 0 atom stereocenters. The Morgan fingerprint density at radius 1 is 1.64 bits per heavy atom. The van der Waals surface area contributed by atoms with Crippen molar-refractivity contribution >= 4 is 26.0 Å². The molecule has 0 aromatic carbocycles. The van der Waals surface area contributed by atoms with Crippen molar-refractivity contribution < 1.29 is 8.42 Å². The molecule has 0 aliphatic carbocycles. The molecule has 0 N–H and O–H groups in total. The molecule has 0 radical (unpaired) electrons. The third kappa shape index (κ3) is 2.57. The maximum atomic E-state index is 11.0. The quantitative estimate of drug-likeness (QED) is 0.683. The zero-order chi connectivity index (χ0) is 8.48. The van der Waals surface area contributed by atoms with Gasteiger partial charge in [-0.25, -0.2) is 8.42 Å². The lowest BCUT2D eigenvalue weighted by Gasteiger charge is -2.22. The van der Waals surface area contributed by atoms with E-state index < -0.39 is 10.0 Å². The first-order valence-corrected chi connectivity index (χ1v) is 5.94. The fourth-order valence-corrected chi connectivity index (χ4v) is 2.47. The highest BCUT2D eigenvalue weighted by atomic mass is 79.9. The van der Waals surface area contributed by atoms with Crippen molar-refractivity contribution in [2.75, 3.05) is 19.3 Å². The molecule has 3 nitrogen and oxygen atoms in total. The van der Waals surface area contributed by atoms with E-state index in [1.54, 1.807) is 0 Å². The van der Waals surface area contributed by atoms with Gasteiger partial charge in [-0.3, -0.25) is 0 Å². The van der Waals surface area contributed by atoms with Crippen LogP contribution in [0.1, 0.15) is 6.42 Å². The van der Waals surface area contributed by atoms with Gasteiger partial charge in [0.25, 0.3) is 0 Å². The summed E-state index contributed by atoms with van der Waals surface area (Å²) in [6.45, 7) is 1.09. The van der Waals surface area contributed by atoms with E-state index in [0.29, 0.717) is 13.1 Å². The van der Waals surface area contributed by atoms with Gasteiger partial charge in [0.1, 0.15) is 0 Å². The van der Waals surface area contributed by atoms with Gasteiger partial charge >= 0.3 is 0 Å². The second kappa shape index (κ2) is 3.25. The Labute approximate surface area is 75.3 Å². The zero-order valence-electron chi connectivity index (χ0n) is 6.25. The van der Waals surface area contributed by atoms with Crippen molar-refractivity contribution in [3.05, 3.63) is 10.6 Å². The van der Waals surface area contributed by atoms with E-state index in [4.69, 9.17) is 0 Å². The molecule has 0 fully saturated rings. The number of sulfonamides is 1. The normalized spacial score (nSPS) is 21.5. The Hall–Kier alpha value is 0.130. The third-order valence-corrected chi connectivity index (χ3v) is 3.36. The summed E-state index contributed by atoms with van der Waals surface area (Å²) in [5, 5.41) is 0. The Morgan fingerprint density at radius 2 is 2.27 bits per heavy atom. The number of rotatable bonds is 1. The van der Waals surface area contributed by atoms with Gasteiger partial charge in [-0.05, 0) is 6.42 Å². The summed E-state index contributed by atoms with van der Waals surface area (Å²) in [6.07, 6.45) is 4.04. The average molecular weight is 240 g/mol.